The highest BCUT2D eigenvalue weighted by atomic mass is 127. The second kappa shape index (κ2) is 6.82. The van der Waals surface area contributed by atoms with Gasteiger partial charge in [0.05, 0.1) is 27.5 Å². The van der Waals surface area contributed by atoms with Crippen LogP contribution >= 0.6 is 38.5 Å². The molecular formula is C16H16BrIN2O3. The molecule has 1 aliphatic heterocycles. The summed E-state index contributed by atoms with van der Waals surface area (Å²) < 4.78 is 8.74. The number of rotatable bonds is 4. The lowest BCUT2D eigenvalue weighted by Crippen LogP contribution is -2.40. The van der Waals surface area contributed by atoms with Gasteiger partial charge < -0.3 is 19.3 Å². The van der Waals surface area contributed by atoms with Crippen LogP contribution in [0.25, 0.3) is 0 Å². The number of carbonyl (C=O) groups excluding carboxylic acids is 1. The standard InChI is InChI=1S/C16H16BrIN2O3/c1-23-11-4-2-10(3-5-11)8-19-6-7-20-12(9-21)13(17)14(18)15(20)16(19)22/h2-5,21H,6-9H2,1H3. The van der Waals surface area contributed by atoms with Crippen LogP contribution in [0.1, 0.15) is 21.7 Å². The van der Waals surface area contributed by atoms with Gasteiger partial charge in [0.15, 0.2) is 0 Å². The molecular weight excluding hydrogens is 475 g/mol. The van der Waals surface area contributed by atoms with E-state index in [1.165, 1.54) is 0 Å². The van der Waals surface area contributed by atoms with Gasteiger partial charge in [-0.2, -0.15) is 0 Å². The molecule has 1 aromatic carbocycles. The average Bonchev–Trinajstić information content (AvgIpc) is 2.82. The number of fused-ring (bicyclic) bond motifs is 1. The van der Waals surface area contributed by atoms with Crippen LogP contribution in [0.3, 0.4) is 0 Å². The number of aliphatic hydroxyl groups is 1. The molecule has 0 aliphatic carbocycles. The zero-order chi connectivity index (χ0) is 16.6. The Morgan fingerprint density at radius 2 is 2.00 bits per heavy atom. The van der Waals surface area contributed by atoms with Crippen molar-refractivity contribution in [1.29, 1.82) is 0 Å². The molecule has 5 nitrogen and oxygen atoms in total. The summed E-state index contributed by atoms with van der Waals surface area (Å²) in [6.07, 6.45) is 0. The first-order chi connectivity index (χ1) is 11.1. The summed E-state index contributed by atoms with van der Waals surface area (Å²) >= 11 is 5.63. The molecule has 23 heavy (non-hydrogen) atoms. The molecule has 0 atom stereocenters. The van der Waals surface area contributed by atoms with Crippen LogP contribution in [0, 0.1) is 3.57 Å². The van der Waals surface area contributed by atoms with Gasteiger partial charge in [-0.15, -0.1) is 0 Å². The van der Waals surface area contributed by atoms with Crippen molar-refractivity contribution in [2.75, 3.05) is 13.7 Å². The number of aliphatic hydroxyl groups excluding tert-OH is 1. The van der Waals surface area contributed by atoms with Crippen LogP contribution in [-0.2, 0) is 19.7 Å². The molecule has 0 unspecified atom stereocenters. The Hall–Kier alpha value is -1.06. The minimum absolute atomic E-state index is 0.00290. The van der Waals surface area contributed by atoms with Gasteiger partial charge in [0.2, 0.25) is 0 Å². The highest BCUT2D eigenvalue weighted by molar-refractivity contribution is 14.1. The van der Waals surface area contributed by atoms with E-state index in [2.05, 4.69) is 38.5 Å². The minimum atomic E-state index is -0.0810. The molecule has 0 fully saturated rings. The summed E-state index contributed by atoms with van der Waals surface area (Å²) in [6, 6.07) is 7.74. The fraction of sp³-hybridized carbons (Fsp3) is 0.312. The number of amides is 1. The van der Waals surface area contributed by atoms with E-state index >= 15 is 0 Å². The number of ether oxygens (including phenoxy) is 1. The normalized spacial score (nSPS) is 14.1. The molecule has 7 heteroatoms. The number of hydrogen-bond acceptors (Lipinski definition) is 3. The van der Waals surface area contributed by atoms with Crippen LogP contribution < -0.4 is 4.74 Å². The Balaban J connectivity index is 1.86. The Morgan fingerprint density at radius 3 is 2.61 bits per heavy atom. The lowest BCUT2D eigenvalue weighted by molar-refractivity contribution is 0.0686. The van der Waals surface area contributed by atoms with Crippen LogP contribution in [0.15, 0.2) is 28.7 Å². The molecule has 0 saturated carbocycles. The smallest absolute Gasteiger partial charge is 0.271 e. The van der Waals surface area contributed by atoms with Gasteiger partial charge in [0.1, 0.15) is 11.4 Å². The van der Waals surface area contributed by atoms with Crippen molar-refractivity contribution in [2.45, 2.75) is 19.7 Å². The summed E-state index contributed by atoms with van der Waals surface area (Å²) in [4.78, 5) is 14.7. The highest BCUT2D eigenvalue weighted by Crippen LogP contribution is 2.33. The van der Waals surface area contributed by atoms with E-state index in [0.717, 1.165) is 25.0 Å². The van der Waals surface area contributed by atoms with E-state index < -0.39 is 0 Å². The first kappa shape index (κ1) is 16.8. The lowest BCUT2D eigenvalue weighted by Gasteiger charge is -2.29. The van der Waals surface area contributed by atoms with Gasteiger partial charge in [0, 0.05) is 19.6 Å². The van der Waals surface area contributed by atoms with Crippen molar-refractivity contribution >= 4 is 44.4 Å². The van der Waals surface area contributed by atoms with E-state index in [-0.39, 0.29) is 12.5 Å². The third-order valence-electron chi connectivity index (χ3n) is 4.02. The number of methoxy groups -OCH3 is 1. The molecule has 1 aromatic heterocycles. The fourth-order valence-electron chi connectivity index (χ4n) is 2.79. The number of hydrogen-bond donors (Lipinski definition) is 1. The lowest BCUT2D eigenvalue weighted by atomic mass is 10.2. The van der Waals surface area contributed by atoms with E-state index in [4.69, 9.17) is 4.74 Å². The van der Waals surface area contributed by atoms with Crippen molar-refractivity contribution in [2.24, 2.45) is 0 Å². The van der Waals surface area contributed by atoms with Crippen molar-refractivity contribution in [3.63, 3.8) is 0 Å². The molecule has 0 radical (unpaired) electrons. The van der Waals surface area contributed by atoms with Crippen LogP contribution in [0.4, 0.5) is 0 Å². The third kappa shape index (κ3) is 3.01. The number of carbonyl (C=O) groups is 1. The number of benzene rings is 1. The Morgan fingerprint density at radius 1 is 1.30 bits per heavy atom. The van der Waals surface area contributed by atoms with Crippen LogP contribution in [-0.4, -0.2) is 34.1 Å². The highest BCUT2D eigenvalue weighted by Gasteiger charge is 2.31. The third-order valence-corrected chi connectivity index (χ3v) is 6.66. The molecule has 0 spiro atoms. The molecule has 3 rings (SSSR count). The van der Waals surface area contributed by atoms with Gasteiger partial charge in [-0.05, 0) is 56.2 Å². The van der Waals surface area contributed by atoms with E-state index in [9.17, 15) is 9.90 Å². The summed E-state index contributed by atoms with van der Waals surface area (Å²) in [7, 11) is 1.63. The maximum Gasteiger partial charge on any atom is 0.271 e. The maximum atomic E-state index is 12.8. The molecule has 1 amide bonds. The largest absolute Gasteiger partial charge is 0.497 e. The zero-order valence-corrected chi connectivity index (χ0v) is 16.3. The Bertz CT molecular complexity index is 743. The van der Waals surface area contributed by atoms with E-state index in [1.807, 2.05) is 33.7 Å². The molecule has 2 aromatic rings. The number of halogens is 2. The second-order valence-corrected chi connectivity index (χ2v) is 7.18. The van der Waals surface area contributed by atoms with Crippen LogP contribution in [0.5, 0.6) is 5.75 Å². The van der Waals surface area contributed by atoms with Gasteiger partial charge in [-0.3, -0.25) is 4.79 Å². The average molecular weight is 491 g/mol. The van der Waals surface area contributed by atoms with Gasteiger partial charge in [-0.1, -0.05) is 12.1 Å². The molecule has 0 saturated heterocycles. The first-order valence-corrected chi connectivity index (χ1v) is 9.03. The first-order valence-electron chi connectivity index (χ1n) is 7.16. The monoisotopic (exact) mass is 490 g/mol. The molecule has 1 N–H and O–H groups in total. The van der Waals surface area contributed by atoms with Gasteiger partial charge >= 0.3 is 0 Å². The predicted molar refractivity (Wildman–Crippen MR) is 98.5 cm³/mol. The van der Waals surface area contributed by atoms with Crippen molar-refractivity contribution in [3.05, 3.63) is 49.3 Å². The summed E-state index contributed by atoms with van der Waals surface area (Å²) in [6.45, 7) is 1.80. The van der Waals surface area contributed by atoms with Crippen LogP contribution in [0.2, 0.25) is 0 Å². The zero-order valence-electron chi connectivity index (χ0n) is 12.6. The molecule has 122 valence electrons. The topological polar surface area (TPSA) is 54.7 Å². The van der Waals surface area contributed by atoms with Crippen molar-refractivity contribution < 1.29 is 14.6 Å². The molecule has 1 aliphatic rings. The molecule has 2 heterocycles. The number of aromatic nitrogens is 1. The SMILES string of the molecule is COc1ccc(CN2CCn3c(CO)c(Br)c(I)c3C2=O)cc1. The summed E-state index contributed by atoms with van der Waals surface area (Å²) in [5.41, 5.74) is 2.48. The number of nitrogens with zero attached hydrogens (tertiary/aromatic N) is 2. The van der Waals surface area contributed by atoms with Gasteiger partial charge in [-0.25, -0.2) is 0 Å². The molecule has 0 bridgehead atoms. The van der Waals surface area contributed by atoms with Crippen molar-refractivity contribution in [1.82, 2.24) is 9.47 Å². The van der Waals surface area contributed by atoms with E-state index in [0.29, 0.717) is 25.3 Å². The quantitative estimate of drug-likeness (QED) is 0.670. The summed E-state index contributed by atoms with van der Waals surface area (Å²) in [5.74, 6) is 0.801. The Kier molecular flexibility index (Phi) is 4.98. The maximum absolute atomic E-state index is 12.8. The van der Waals surface area contributed by atoms with Gasteiger partial charge in [0.25, 0.3) is 5.91 Å². The summed E-state index contributed by atoms with van der Waals surface area (Å²) in [5, 5.41) is 9.53. The minimum Gasteiger partial charge on any atom is -0.497 e. The Labute approximate surface area is 156 Å². The second-order valence-electron chi connectivity index (χ2n) is 5.31. The fourth-order valence-corrected chi connectivity index (χ4v) is 4.15. The predicted octanol–water partition coefficient (Wildman–Crippen LogP) is 3.01. The van der Waals surface area contributed by atoms with E-state index in [1.54, 1.807) is 7.11 Å². The van der Waals surface area contributed by atoms with Crippen molar-refractivity contribution in [3.8, 4) is 5.75 Å².